The van der Waals surface area contributed by atoms with Crippen LogP contribution in [0.2, 0.25) is 0 Å². The minimum Gasteiger partial charge on any atom is -0.652 e. The summed E-state index contributed by atoms with van der Waals surface area (Å²) in [6.07, 6.45) is -2.33. The molecule has 0 saturated heterocycles. The third-order valence-electron chi connectivity index (χ3n) is 0.830. The molecule has 0 bridgehead atoms. The molecule has 7 heteroatoms. The Labute approximate surface area is 166 Å². The van der Waals surface area contributed by atoms with E-state index in [1.165, 1.54) is 18.2 Å². The van der Waals surface area contributed by atoms with Gasteiger partial charge in [0.1, 0.15) is 11.5 Å². The van der Waals surface area contributed by atoms with Crippen LogP contribution in [0.25, 0.3) is 0 Å². The second-order valence-electron chi connectivity index (χ2n) is 1.77. The van der Waals surface area contributed by atoms with Crippen molar-refractivity contribution in [3.63, 3.8) is 0 Å². The van der Waals surface area contributed by atoms with Gasteiger partial charge in [-0.15, -0.1) is 0 Å². The van der Waals surface area contributed by atoms with E-state index >= 15 is 0 Å². The van der Waals surface area contributed by atoms with Crippen LogP contribution in [-0.2, 0) is 0 Å². The molecule has 0 aliphatic heterocycles. The van der Waals surface area contributed by atoms with Gasteiger partial charge in [0.15, 0.2) is 0 Å². The van der Waals surface area contributed by atoms with Crippen molar-refractivity contribution in [3.05, 3.63) is 24.3 Å². The maximum absolute atomic E-state index is 8.65. The smallest absolute Gasteiger partial charge is 0.652 e. The molecular weight excluding hydrogens is 242 g/mol. The van der Waals surface area contributed by atoms with Crippen molar-refractivity contribution in [2.45, 2.75) is 0 Å². The quantitative estimate of drug-likeness (QED) is 0.444. The number of carboxylic acid groups (broad SMARTS) is 2. The Balaban J connectivity index is -0.000000180. The molecule has 0 fully saturated rings. The van der Waals surface area contributed by atoms with Crippen LogP contribution in [0.15, 0.2) is 24.3 Å². The van der Waals surface area contributed by atoms with E-state index in [4.69, 9.17) is 25.2 Å². The van der Waals surface area contributed by atoms with Gasteiger partial charge in [-0.2, -0.15) is 0 Å². The monoisotopic (exact) mass is 248 g/mol. The molecule has 0 spiro atoms. The topological polar surface area (TPSA) is 104 Å². The Morgan fingerprint density at radius 3 is 1.50 bits per heavy atom. The molecular formula is C7H6K2O5. The van der Waals surface area contributed by atoms with Crippen LogP contribution in [0.3, 0.4) is 0 Å². The average Bonchev–Trinajstić information content (AvgIpc) is 1.84. The third kappa shape index (κ3) is 15.8. The van der Waals surface area contributed by atoms with Gasteiger partial charge in [-0.05, 0) is 18.3 Å². The van der Waals surface area contributed by atoms with E-state index in [0.29, 0.717) is 0 Å². The summed E-state index contributed by atoms with van der Waals surface area (Å²) >= 11 is 0. The molecule has 0 aliphatic rings. The normalized spacial score (nSPS) is 6.86. The molecule has 66 valence electrons. The molecule has 0 aromatic heterocycles. The number of carbonyl (C=O) groups excluding carboxylic acids is 1. The number of phenolic OH excluding ortho intramolecular Hbond substituents is 2. The minimum atomic E-state index is -2.33. The van der Waals surface area contributed by atoms with Crippen molar-refractivity contribution >= 4 is 6.16 Å². The zero-order chi connectivity index (χ0) is 9.56. The van der Waals surface area contributed by atoms with E-state index < -0.39 is 6.16 Å². The fraction of sp³-hybridized carbons (Fsp3) is 0. The second kappa shape index (κ2) is 12.4. The first-order chi connectivity index (χ1) is 5.52. The number of rotatable bonds is 0. The second-order valence-corrected chi connectivity index (χ2v) is 1.77. The summed E-state index contributed by atoms with van der Waals surface area (Å²) in [5.41, 5.74) is 0. The summed E-state index contributed by atoms with van der Waals surface area (Å²) in [5.74, 6) is 0.176. The first kappa shape index (κ1) is 20.7. The van der Waals surface area contributed by atoms with Crippen LogP contribution in [0.5, 0.6) is 11.5 Å². The van der Waals surface area contributed by atoms with Gasteiger partial charge in [0, 0.05) is 6.07 Å². The summed E-state index contributed by atoms with van der Waals surface area (Å²) in [5, 5.41) is 34.0. The van der Waals surface area contributed by atoms with Gasteiger partial charge in [-0.25, -0.2) is 0 Å². The van der Waals surface area contributed by atoms with Crippen LogP contribution in [0.1, 0.15) is 0 Å². The molecule has 1 rings (SSSR count). The predicted octanol–water partition coefficient (Wildman–Crippen LogP) is -7.34. The number of aromatic hydroxyl groups is 2. The third-order valence-corrected chi connectivity index (χ3v) is 0.830. The van der Waals surface area contributed by atoms with Crippen molar-refractivity contribution < 1.29 is 128 Å². The average molecular weight is 248 g/mol. The standard InChI is InChI=1S/C6H6O2.CH2O3.2K/c7-5-2-1-3-6(8)4-5;2-1(3)4;;/h1-4,7-8H;(H2,2,3,4);;/q;;2*+1/p-2. The molecule has 0 radical (unpaired) electrons. The first-order valence-electron chi connectivity index (χ1n) is 2.88. The zero-order valence-electron chi connectivity index (χ0n) is 7.93. The van der Waals surface area contributed by atoms with E-state index in [2.05, 4.69) is 0 Å². The largest absolute Gasteiger partial charge is 1.00 e. The van der Waals surface area contributed by atoms with Gasteiger partial charge in [0.25, 0.3) is 0 Å². The Bertz CT molecular complexity index is 245. The number of benzene rings is 1. The predicted molar refractivity (Wildman–Crippen MR) is 35.2 cm³/mol. The van der Waals surface area contributed by atoms with Crippen molar-refractivity contribution in [2.75, 3.05) is 0 Å². The van der Waals surface area contributed by atoms with Crippen LogP contribution in [0.4, 0.5) is 4.79 Å². The van der Waals surface area contributed by atoms with Gasteiger partial charge >= 0.3 is 103 Å². The van der Waals surface area contributed by atoms with E-state index in [1.807, 2.05) is 0 Å². The van der Waals surface area contributed by atoms with Gasteiger partial charge < -0.3 is 25.2 Å². The van der Waals surface area contributed by atoms with Crippen LogP contribution < -0.4 is 113 Å². The molecule has 1 aromatic rings. The molecule has 5 nitrogen and oxygen atoms in total. The Morgan fingerprint density at radius 1 is 1.07 bits per heavy atom. The fourth-order valence-electron chi connectivity index (χ4n) is 0.493. The van der Waals surface area contributed by atoms with E-state index in [-0.39, 0.29) is 114 Å². The number of hydrogen-bond acceptors (Lipinski definition) is 5. The first-order valence-corrected chi connectivity index (χ1v) is 2.88. The zero-order valence-corrected chi connectivity index (χ0v) is 14.2. The van der Waals surface area contributed by atoms with E-state index in [1.54, 1.807) is 6.07 Å². The fourth-order valence-corrected chi connectivity index (χ4v) is 0.493. The molecule has 0 aliphatic carbocycles. The van der Waals surface area contributed by atoms with E-state index in [0.717, 1.165) is 0 Å². The molecule has 0 saturated carbocycles. The maximum Gasteiger partial charge on any atom is 1.00 e. The van der Waals surface area contributed by atoms with Gasteiger partial charge in [-0.3, -0.25) is 0 Å². The van der Waals surface area contributed by atoms with Gasteiger partial charge in [0.05, 0.1) is 0 Å². The Hall–Kier alpha value is 1.36. The van der Waals surface area contributed by atoms with Crippen LogP contribution in [0, 0.1) is 0 Å². The number of carbonyl (C=O) groups is 1. The molecule has 14 heavy (non-hydrogen) atoms. The SMILES string of the molecule is O=C([O-])[O-].Oc1cccc(O)c1.[K+].[K+]. The van der Waals surface area contributed by atoms with Crippen molar-refractivity contribution in [2.24, 2.45) is 0 Å². The number of hydrogen-bond donors (Lipinski definition) is 2. The molecule has 0 heterocycles. The molecule has 0 amide bonds. The Morgan fingerprint density at radius 2 is 1.36 bits per heavy atom. The van der Waals surface area contributed by atoms with Crippen molar-refractivity contribution in [1.82, 2.24) is 0 Å². The molecule has 1 aromatic carbocycles. The van der Waals surface area contributed by atoms with Gasteiger partial charge in [0.2, 0.25) is 0 Å². The molecule has 2 N–H and O–H groups in total. The summed E-state index contributed by atoms with van der Waals surface area (Å²) in [6.45, 7) is 0. The Kier molecular flexibility index (Phi) is 18.4. The number of phenols is 2. The molecule has 0 atom stereocenters. The van der Waals surface area contributed by atoms with Crippen molar-refractivity contribution in [1.29, 1.82) is 0 Å². The summed E-state index contributed by atoms with van der Waals surface area (Å²) in [7, 11) is 0. The molecule has 0 unspecified atom stereocenters. The summed E-state index contributed by atoms with van der Waals surface area (Å²) in [6, 6.07) is 5.85. The van der Waals surface area contributed by atoms with Crippen LogP contribution in [-0.4, -0.2) is 16.4 Å². The van der Waals surface area contributed by atoms with Crippen molar-refractivity contribution in [3.8, 4) is 11.5 Å². The maximum atomic E-state index is 8.65. The summed E-state index contributed by atoms with van der Waals surface area (Å²) < 4.78 is 0. The van der Waals surface area contributed by atoms with Gasteiger partial charge in [-0.1, -0.05) is 6.07 Å². The van der Waals surface area contributed by atoms with Crippen LogP contribution >= 0.6 is 0 Å². The summed E-state index contributed by atoms with van der Waals surface area (Å²) in [4.78, 5) is 8.33. The van der Waals surface area contributed by atoms with E-state index in [9.17, 15) is 0 Å². The minimum absolute atomic E-state index is 0.